The van der Waals surface area contributed by atoms with Crippen molar-refractivity contribution in [2.24, 2.45) is 5.92 Å². The van der Waals surface area contributed by atoms with E-state index in [-0.39, 0.29) is 0 Å². The first-order chi connectivity index (χ1) is 9.99. The molecule has 2 heteroatoms. The van der Waals surface area contributed by atoms with Crippen LogP contribution in [0.25, 0.3) is 0 Å². The molecule has 0 amide bonds. The lowest BCUT2D eigenvalue weighted by Crippen LogP contribution is -2.64. The van der Waals surface area contributed by atoms with Crippen LogP contribution in [0, 0.1) is 12.8 Å². The highest BCUT2D eigenvalue weighted by atomic mass is 15.3. The molecule has 1 aliphatic rings. The minimum atomic E-state index is 0.302. The summed E-state index contributed by atoms with van der Waals surface area (Å²) in [5.41, 5.74) is 3.08. The second kappa shape index (κ2) is 6.93. The molecule has 21 heavy (non-hydrogen) atoms. The zero-order chi connectivity index (χ0) is 15.5. The van der Waals surface area contributed by atoms with Crippen LogP contribution in [0.3, 0.4) is 0 Å². The largest absolute Gasteiger partial charge is 0.308 e. The van der Waals surface area contributed by atoms with Gasteiger partial charge in [-0.05, 0) is 31.2 Å². The summed E-state index contributed by atoms with van der Waals surface area (Å²) in [5, 5.41) is 3.85. The molecule has 2 rings (SSSR count). The fourth-order valence-electron chi connectivity index (χ4n) is 3.49. The van der Waals surface area contributed by atoms with Crippen LogP contribution < -0.4 is 5.32 Å². The minimum Gasteiger partial charge on any atom is -0.308 e. The average Bonchev–Trinajstić information content (AvgIpc) is 2.49. The first-order valence-electron chi connectivity index (χ1n) is 8.54. The standard InChI is InChI=1S/C19H32N2/c1-6-19(7-2)14-21(18(12-20-19)15(3)4)13-17-10-8-16(5)9-11-17/h8-11,15,18,20H,6-7,12-14H2,1-5H3. The molecule has 1 aromatic carbocycles. The monoisotopic (exact) mass is 288 g/mol. The Kier molecular flexibility index (Phi) is 5.45. The third-order valence-electron chi connectivity index (χ3n) is 5.29. The van der Waals surface area contributed by atoms with Crippen LogP contribution in [0.15, 0.2) is 24.3 Å². The number of rotatable bonds is 5. The van der Waals surface area contributed by atoms with Crippen molar-refractivity contribution < 1.29 is 0 Å². The number of hydrogen-bond donors (Lipinski definition) is 1. The van der Waals surface area contributed by atoms with Crippen molar-refractivity contribution in [1.82, 2.24) is 10.2 Å². The molecular weight excluding hydrogens is 256 g/mol. The molecule has 0 aliphatic carbocycles. The lowest BCUT2D eigenvalue weighted by Gasteiger charge is -2.49. The Balaban J connectivity index is 2.15. The van der Waals surface area contributed by atoms with Crippen molar-refractivity contribution in [3.8, 4) is 0 Å². The molecule has 0 bridgehead atoms. The number of aryl methyl sites for hydroxylation is 1. The van der Waals surface area contributed by atoms with E-state index < -0.39 is 0 Å². The second-order valence-corrected chi connectivity index (χ2v) is 7.07. The third-order valence-corrected chi connectivity index (χ3v) is 5.29. The highest BCUT2D eigenvalue weighted by Gasteiger charge is 2.37. The fourth-order valence-corrected chi connectivity index (χ4v) is 3.49. The van der Waals surface area contributed by atoms with E-state index in [9.17, 15) is 0 Å². The zero-order valence-electron chi connectivity index (χ0n) is 14.4. The molecule has 1 atom stereocenters. The van der Waals surface area contributed by atoms with Gasteiger partial charge in [-0.3, -0.25) is 4.90 Å². The maximum absolute atomic E-state index is 3.85. The molecule has 1 N–H and O–H groups in total. The van der Waals surface area contributed by atoms with E-state index >= 15 is 0 Å². The fraction of sp³-hybridized carbons (Fsp3) is 0.684. The molecule has 0 radical (unpaired) electrons. The van der Waals surface area contributed by atoms with Crippen molar-refractivity contribution in [2.75, 3.05) is 13.1 Å². The SMILES string of the molecule is CCC1(CC)CN(Cc2ccc(C)cc2)C(C(C)C)CN1. The van der Waals surface area contributed by atoms with E-state index in [1.165, 1.54) is 24.0 Å². The molecular formula is C19H32N2. The Hall–Kier alpha value is -0.860. The van der Waals surface area contributed by atoms with Crippen molar-refractivity contribution in [3.05, 3.63) is 35.4 Å². The van der Waals surface area contributed by atoms with Gasteiger partial charge in [0, 0.05) is 31.2 Å². The normalized spacial score (nSPS) is 22.7. The van der Waals surface area contributed by atoms with Gasteiger partial charge in [0.1, 0.15) is 0 Å². The molecule has 0 saturated carbocycles. The molecule has 1 fully saturated rings. The van der Waals surface area contributed by atoms with Gasteiger partial charge in [0.2, 0.25) is 0 Å². The molecule has 1 aromatic rings. The summed E-state index contributed by atoms with van der Waals surface area (Å²) in [6.45, 7) is 14.8. The number of hydrogen-bond acceptors (Lipinski definition) is 2. The van der Waals surface area contributed by atoms with Crippen LogP contribution in [0.4, 0.5) is 0 Å². The summed E-state index contributed by atoms with van der Waals surface area (Å²) in [6, 6.07) is 9.67. The van der Waals surface area contributed by atoms with Gasteiger partial charge in [-0.1, -0.05) is 57.5 Å². The van der Waals surface area contributed by atoms with Gasteiger partial charge < -0.3 is 5.32 Å². The summed E-state index contributed by atoms with van der Waals surface area (Å²) < 4.78 is 0. The molecule has 1 unspecified atom stereocenters. The maximum atomic E-state index is 3.85. The lowest BCUT2D eigenvalue weighted by atomic mass is 9.86. The van der Waals surface area contributed by atoms with Gasteiger partial charge in [-0.25, -0.2) is 0 Å². The Labute approximate surface area is 130 Å². The molecule has 2 nitrogen and oxygen atoms in total. The number of nitrogens with one attached hydrogen (secondary N) is 1. The average molecular weight is 288 g/mol. The van der Waals surface area contributed by atoms with Crippen LogP contribution in [0.1, 0.15) is 51.7 Å². The van der Waals surface area contributed by atoms with Crippen LogP contribution in [-0.4, -0.2) is 29.6 Å². The smallest absolute Gasteiger partial charge is 0.0304 e. The Morgan fingerprint density at radius 1 is 1.19 bits per heavy atom. The molecule has 0 aromatic heterocycles. The first-order valence-corrected chi connectivity index (χ1v) is 8.54. The molecule has 1 aliphatic heterocycles. The van der Waals surface area contributed by atoms with Crippen LogP contribution in [0.5, 0.6) is 0 Å². The predicted octanol–water partition coefficient (Wildman–Crippen LogP) is 3.98. The van der Waals surface area contributed by atoms with Crippen LogP contribution >= 0.6 is 0 Å². The van der Waals surface area contributed by atoms with Crippen LogP contribution in [0.2, 0.25) is 0 Å². The Morgan fingerprint density at radius 3 is 2.33 bits per heavy atom. The van der Waals surface area contributed by atoms with E-state index in [1.807, 2.05) is 0 Å². The third kappa shape index (κ3) is 3.87. The highest BCUT2D eigenvalue weighted by molar-refractivity contribution is 5.21. The van der Waals surface area contributed by atoms with Gasteiger partial charge >= 0.3 is 0 Å². The van der Waals surface area contributed by atoms with E-state index in [0.29, 0.717) is 17.5 Å². The lowest BCUT2D eigenvalue weighted by molar-refractivity contribution is 0.0443. The summed E-state index contributed by atoms with van der Waals surface area (Å²) >= 11 is 0. The van der Waals surface area contributed by atoms with Crippen molar-refractivity contribution in [1.29, 1.82) is 0 Å². The molecule has 0 spiro atoms. The highest BCUT2D eigenvalue weighted by Crippen LogP contribution is 2.27. The Morgan fingerprint density at radius 2 is 1.81 bits per heavy atom. The molecule has 118 valence electrons. The predicted molar refractivity (Wildman–Crippen MR) is 91.5 cm³/mol. The first kappa shape index (κ1) is 16.5. The summed E-state index contributed by atoms with van der Waals surface area (Å²) in [5.74, 6) is 0.690. The van der Waals surface area contributed by atoms with Crippen molar-refractivity contribution in [2.45, 2.75) is 65.6 Å². The zero-order valence-corrected chi connectivity index (χ0v) is 14.4. The van der Waals surface area contributed by atoms with Gasteiger partial charge in [-0.15, -0.1) is 0 Å². The summed E-state index contributed by atoms with van der Waals surface area (Å²) in [6.07, 6.45) is 2.41. The second-order valence-electron chi connectivity index (χ2n) is 7.07. The number of benzene rings is 1. The maximum Gasteiger partial charge on any atom is 0.0304 e. The topological polar surface area (TPSA) is 15.3 Å². The van der Waals surface area contributed by atoms with E-state index in [4.69, 9.17) is 0 Å². The van der Waals surface area contributed by atoms with Crippen molar-refractivity contribution in [3.63, 3.8) is 0 Å². The van der Waals surface area contributed by atoms with Gasteiger partial charge in [0.25, 0.3) is 0 Å². The summed E-state index contributed by atoms with van der Waals surface area (Å²) in [7, 11) is 0. The van der Waals surface area contributed by atoms with Crippen molar-refractivity contribution >= 4 is 0 Å². The Bertz CT molecular complexity index is 431. The van der Waals surface area contributed by atoms with E-state index in [2.05, 4.69) is 69.1 Å². The van der Waals surface area contributed by atoms with Gasteiger partial charge in [-0.2, -0.15) is 0 Å². The number of nitrogens with zero attached hydrogens (tertiary/aromatic N) is 1. The minimum absolute atomic E-state index is 0.302. The van der Waals surface area contributed by atoms with Crippen LogP contribution in [-0.2, 0) is 6.54 Å². The van der Waals surface area contributed by atoms with E-state index in [0.717, 1.165) is 19.6 Å². The van der Waals surface area contributed by atoms with Gasteiger partial charge in [0.05, 0.1) is 0 Å². The summed E-state index contributed by atoms with van der Waals surface area (Å²) in [4.78, 5) is 2.71. The number of piperazine rings is 1. The molecule has 1 saturated heterocycles. The van der Waals surface area contributed by atoms with E-state index in [1.54, 1.807) is 0 Å². The van der Waals surface area contributed by atoms with Gasteiger partial charge in [0.15, 0.2) is 0 Å². The quantitative estimate of drug-likeness (QED) is 0.881. The molecule has 1 heterocycles.